The van der Waals surface area contributed by atoms with Crippen LogP contribution >= 0.6 is 39.9 Å². The second kappa shape index (κ2) is 6.11. The zero-order valence-corrected chi connectivity index (χ0v) is 14.1. The molecule has 1 saturated heterocycles. The third-order valence-corrected chi connectivity index (χ3v) is 4.70. The number of halogens is 1. The van der Waals surface area contributed by atoms with Gasteiger partial charge in [-0.3, -0.25) is 9.69 Å². The van der Waals surface area contributed by atoms with Crippen LogP contribution in [-0.4, -0.2) is 27.3 Å². The van der Waals surface area contributed by atoms with Gasteiger partial charge >= 0.3 is 0 Å². The molecule has 1 aromatic rings. The second-order valence-corrected chi connectivity index (χ2v) is 6.92. The van der Waals surface area contributed by atoms with Crippen LogP contribution in [0.2, 0.25) is 0 Å². The van der Waals surface area contributed by atoms with Crippen molar-refractivity contribution < 1.29 is 9.90 Å². The highest BCUT2D eigenvalue weighted by Crippen LogP contribution is 2.31. The SMILES string of the molecule is CC(=C/c1cc(Br)ccc1O)/C=C1/SC(=S)N(C)C1=O. The number of phenols is 1. The van der Waals surface area contributed by atoms with Crippen LogP contribution in [0.1, 0.15) is 12.5 Å². The largest absolute Gasteiger partial charge is 0.507 e. The van der Waals surface area contributed by atoms with E-state index in [0.29, 0.717) is 14.8 Å². The summed E-state index contributed by atoms with van der Waals surface area (Å²) in [5, 5.41) is 9.79. The minimum absolute atomic E-state index is 0.0915. The number of allylic oxidation sites excluding steroid dienone is 2. The molecule has 1 fully saturated rings. The van der Waals surface area contributed by atoms with Gasteiger partial charge in [-0.15, -0.1) is 0 Å². The van der Waals surface area contributed by atoms with Crippen LogP contribution in [0.3, 0.4) is 0 Å². The first-order valence-corrected chi connectivity index (χ1v) is 7.78. The zero-order chi connectivity index (χ0) is 14.9. The molecule has 1 aliphatic heterocycles. The first-order valence-electron chi connectivity index (χ1n) is 5.77. The van der Waals surface area contributed by atoms with Crippen molar-refractivity contribution in [3.8, 4) is 5.75 Å². The van der Waals surface area contributed by atoms with E-state index < -0.39 is 0 Å². The number of thioether (sulfide) groups is 1. The van der Waals surface area contributed by atoms with Gasteiger partial charge < -0.3 is 5.11 Å². The first-order chi connectivity index (χ1) is 9.38. The molecule has 0 aliphatic carbocycles. The normalized spacial score (nSPS) is 18.2. The molecule has 0 radical (unpaired) electrons. The van der Waals surface area contributed by atoms with E-state index in [1.54, 1.807) is 25.3 Å². The summed E-state index contributed by atoms with van der Waals surface area (Å²) >= 11 is 9.72. The molecule has 6 heteroatoms. The highest BCUT2D eigenvalue weighted by atomic mass is 79.9. The van der Waals surface area contributed by atoms with Crippen molar-refractivity contribution in [1.82, 2.24) is 4.90 Å². The zero-order valence-electron chi connectivity index (χ0n) is 10.9. The third kappa shape index (κ3) is 3.31. The number of nitrogens with zero attached hydrogens (tertiary/aromatic N) is 1. The van der Waals surface area contributed by atoms with E-state index in [-0.39, 0.29) is 11.7 Å². The minimum atomic E-state index is -0.0915. The van der Waals surface area contributed by atoms with Crippen molar-refractivity contribution in [2.75, 3.05) is 7.05 Å². The molecule has 0 unspecified atom stereocenters. The smallest absolute Gasteiger partial charge is 0.265 e. The van der Waals surface area contributed by atoms with Crippen LogP contribution in [0.25, 0.3) is 6.08 Å². The molecule has 1 heterocycles. The molecular weight excluding hydrogens is 358 g/mol. The Morgan fingerprint density at radius 3 is 2.80 bits per heavy atom. The average molecular weight is 370 g/mol. The Balaban J connectivity index is 2.30. The fourth-order valence-electron chi connectivity index (χ4n) is 1.68. The van der Waals surface area contributed by atoms with Crippen molar-refractivity contribution >= 4 is 56.2 Å². The fraction of sp³-hybridized carbons (Fsp3) is 0.143. The summed E-state index contributed by atoms with van der Waals surface area (Å²) in [6, 6.07) is 5.21. The van der Waals surface area contributed by atoms with Crippen molar-refractivity contribution in [1.29, 1.82) is 0 Å². The van der Waals surface area contributed by atoms with Crippen molar-refractivity contribution in [3.63, 3.8) is 0 Å². The number of amides is 1. The maximum absolute atomic E-state index is 11.9. The Hall–Kier alpha value is -1.11. The quantitative estimate of drug-likeness (QED) is 0.633. The van der Waals surface area contributed by atoms with Crippen LogP contribution < -0.4 is 0 Å². The number of rotatable bonds is 2. The summed E-state index contributed by atoms with van der Waals surface area (Å²) < 4.78 is 1.44. The Labute approximate surface area is 135 Å². The number of likely N-dealkylation sites (N-methyl/N-ethyl adjacent to an activating group) is 1. The van der Waals surface area contributed by atoms with E-state index in [2.05, 4.69) is 15.9 Å². The van der Waals surface area contributed by atoms with Gasteiger partial charge in [0.15, 0.2) is 0 Å². The lowest BCUT2D eigenvalue weighted by molar-refractivity contribution is -0.121. The molecule has 20 heavy (non-hydrogen) atoms. The molecule has 104 valence electrons. The van der Waals surface area contributed by atoms with Gasteiger partial charge in [-0.25, -0.2) is 0 Å². The molecule has 2 rings (SSSR count). The predicted octanol–water partition coefficient (Wildman–Crippen LogP) is 3.93. The molecule has 0 bridgehead atoms. The number of phenolic OH excluding ortho intramolecular Hbond substituents is 1. The Morgan fingerprint density at radius 1 is 1.50 bits per heavy atom. The molecule has 1 N–H and O–H groups in total. The van der Waals surface area contributed by atoms with Crippen LogP contribution in [0.15, 0.2) is 39.2 Å². The molecule has 0 atom stereocenters. The van der Waals surface area contributed by atoms with E-state index in [9.17, 15) is 9.90 Å². The van der Waals surface area contributed by atoms with Gasteiger partial charge in [-0.2, -0.15) is 0 Å². The second-order valence-electron chi connectivity index (χ2n) is 4.33. The van der Waals surface area contributed by atoms with Gasteiger partial charge in [0.1, 0.15) is 10.1 Å². The lowest BCUT2D eigenvalue weighted by Gasteiger charge is -2.03. The summed E-state index contributed by atoms with van der Waals surface area (Å²) in [4.78, 5) is 13.9. The Bertz CT molecular complexity index is 653. The van der Waals surface area contributed by atoms with Gasteiger partial charge in [-0.1, -0.05) is 39.9 Å². The lowest BCUT2D eigenvalue weighted by Crippen LogP contribution is -2.22. The molecule has 0 saturated carbocycles. The maximum atomic E-state index is 11.9. The Kier molecular flexibility index (Phi) is 4.67. The fourth-order valence-corrected chi connectivity index (χ4v) is 3.29. The molecular formula is C14H12BrNO2S2. The summed E-state index contributed by atoms with van der Waals surface area (Å²) in [5.41, 5.74) is 1.56. The molecule has 3 nitrogen and oxygen atoms in total. The van der Waals surface area contributed by atoms with E-state index in [4.69, 9.17) is 12.2 Å². The van der Waals surface area contributed by atoms with Crippen LogP contribution in [0, 0.1) is 0 Å². The van der Waals surface area contributed by atoms with Crippen LogP contribution in [-0.2, 0) is 4.79 Å². The standard InChI is InChI=1S/C14H12BrNO2S2/c1-8(5-9-7-10(15)3-4-11(9)17)6-12-13(18)16(2)14(19)20-12/h3-7,17H,1-2H3/b8-5-,12-6+. The molecule has 1 amide bonds. The van der Waals surface area contributed by atoms with Gasteiger partial charge in [0.2, 0.25) is 0 Å². The van der Waals surface area contributed by atoms with E-state index >= 15 is 0 Å². The van der Waals surface area contributed by atoms with Gasteiger partial charge in [0, 0.05) is 17.1 Å². The summed E-state index contributed by atoms with van der Waals surface area (Å²) in [5.74, 6) is 0.107. The number of carbonyl (C=O) groups is 1. The topological polar surface area (TPSA) is 40.5 Å². The maximum Gasteiger partial charge on any atom is 0.265 e. The Morgan fingerprint density at radius 2 is 2.20 bits per heavy atom. The number of carbonyl (C=O) groups excluding carboxylic acids is 1. The van der Waals surface area contributed by atoms with E-state index in [0.717, 1.165) is 10.0 Å². The number of aromatic hydroxyl groups is 1. The monoisotopic (exact) mass is 369 g/mol. The third-order valence-electron chi connectivity index (χ3n) is 2.72. The minimum Gasteiger partial charge on any atom is -0.507 e. The van der Waals surface area contributed by atoms with Gasteiger partial charge in [-0.05, 0) is 42.8 Å². The average Bonchev–Trinajstić information content (AvgIpc) is 2.61. The summed E-state index contributed by atoms with van der Waals surface area (Å²) in [6.45, 7) is 1.88. The first kappa shape index (κ1) is 15.3. The predicted molar refractivity (Wildman–Crippen MR) is 90.5 cm³/mol. The number of benzene rings is 1. The van der Waals surface area contributed by atoms with Gasteiger partial charge in [0.25, 0.3) is 5.91 Å². The highest BCUT2D eigenvalue weighted by molar-refractivity contribution is 9.10. The van der Waals surface area contributed by atoms with Crippen LogP contribution in [0.5, 0.6) is 5.75 Å². The summed E-state index contributed by atoms with van der Waals surface area (Å²) in [7, 11) is 1.66. The molecule has 0 spiro atoms. The van der Waals surface area contributed by atoms with E-state index in [1.165, 1.54) is 16.7 Å². The van der Waals surface area contributed by atoms with E-state index in [1.807, 2.05) is 19.1 Å². The van der Waals surface area contributed by atoms with Crippen molar-refractivity contribution in [3.05, 3.63) is 44.8 Å². The lowest BCUT2D eigenvalue weighted by atomic mass is 10.1. The molecule has 0 aromatic heterocycles. The summed E-state index contributed by atoms with van der Waals surface area (Å²) in [6.07, 6.45) is 3.60. The molecule has 1 aliphatic rings. The number of hydrogen-bond acceptors (Lipinski definition) is 4. The number of hydrogen-bond donors (Lipinski definition) is 1. The van der Waals surface area contributed by atoms with Crippen molar-refractivity contribution in [2.45, 2.75) is 6.92 Å². The highest BCUT2D eigenvalue weighted by Gasteiger charge is 2.28. The number of thiocarbonyl (C=S) groups is 1. The molecule has 1 aromatic carbocycles. The van der Waals surface area contributed by atoms with Crippen LogP contribution in [0.4, 0.5) is 0 Å². The van der Waals surface area contributed by atoms with Gasteiger partial charge in [0.05, 0.1) is 4.91 Å². The van der Waals surface area contributed by atoms with Crippen molar-refractivity contribution in [2.24, 2.45) is 0 Å².